The topological polar surface area (TPSA) is 79.6 Å². The van der Waals surface area contributed by atoms with Gasteiger partial charge in [0, 0.05) is 24.0 Å². The fourth-order valence-electron chi connectivity index (χ4n) is 1.01. The third-order valence-electron chi connectivity index (χ3n) is 1.56. The maximum Gasteiger partial charge on any atom is 0.125 e. The lowest BCUT2D eigenvalue weighted by molar-refractivity contribution is 1.09. The molecule has 0 spiro atoms. The number of hydrogen-bond donors (Lipinski definition) is 3. The smallest absolute Gasteiger partial charge is 0.125 e. The van der Waals surface area contributed by atoms with Crippen molar-refractivity contribution in [1.82, 2.24) is 15.2 Å². The number of aromatic nitrogens is 3. The van der Waals surface area contributed by atoms with Gasteiger partial charge < -0.3 is 11.1 Å². The van der Waals surface area contributed by atoms with Gasteiger partial charge in [0.1, 0.15) is 11.6 Å². The number of anilines is 3. The molecule has 0 amide bonds. The summed E-state index contributed by atoms with van der Waals surface area (Å²) >= 11 is 0. The molecule has 0 saturated heterocycles. The normalized spacial score (nSPS) is 9.85. The van der Waals surface area contributed by atoms with E-state index in [0.29, 0.717) is 5.82 Å². The minimum atomic E-state index is 0.490. The van der Waals surface area contributed by atoms with Crippen LogP contribution in [0.4, 0.5) is 17.3 Å². The number of hydrogen-bond acceptors (Lipinski definition) is 4. The first kappa shape index (κ1) is 7.60. The van der Waals surface area contributed by atoms with Crippen LogP contribution in [0.25, 0.3) is 0 Å². The molecule has 0 aliphatic rings. The van der Waals surface area contributed by atoms with Gasteiger partial charge in [-0.2, -0.15) is 5.10 Å². The molecule has 0 saturated carbocycles. The third kappa shape index (κ3) is 1.76. The maximum absolute atomic E-state index is 5.51. The number of nitrogens with one attached hydrogen (secondary N) is 2. The summed E-state index contributed by atoms with van der Waals surface area (Å²) in [6, 6.07) is 5.41. The molecule has 0 unspecified atom stereocenters. The van der Waals surface area contributed by atoms with Crippen molar-refractivity contribution in [3.8, 4) is 0 Å². The molecule has 2 aromatic heterocycles. The molecule has 5 heteroatoms. The van der Waals surface area contributed by atoms with Crippen molar-refractivity contribution in [2.24, 2.45) is 0 Å². The molecule has 13 heavy (non-hydrogen) atoms. The van der Waals surface area contributed by atoms with Gasteiger partial charge in [-0.15, -0.1) is 0 Å². The lowest BCUT2D eigenvalue weighted by atomic mass is 10.4. The van der Waals surface area contributed by atoms with Gasteiger partial charge in [0.25, 0.3) is 0 Å². The van der Waals surface area contributed by atoms with Gasteiger partial charge in [0.2, 0.25) is 0 Å². The molecule has 0 atom stereocenters. The van der Waals surface area contributed by atoms with E-state index in [9.17, 15) is 0 Å². The van der Waals surface area contributed by atoms with Crippen LogP contribution in [0.5, 0.6) is 0 Å². The van der Waals surface area contributed by atoms with Gasteiger partial charge in [-0.25, -0.2) is 4.98 Å². The van der Waals surface area contributed by atoms with Crippen molar-refractivity contribution < 1.29 is 0 Å². The zero-order chi connectivity index (χ0) is 9.10. The number of nitrogens with two attached hydrogens (primary N) is 1. The highest BCUT2D eigenvalue weighted by Gasteiger charge is 1.95. The Morgan fingerprint density at radius 2 is 2.23 bits per heavy atom. The van der Waals surface area contributed by atoms with Crippen molar-refractivity contribution in [2.45, 2.75) is 0 Å². The Labute approximate surface area is 75.0 Å². The van der Waals surface area contributed by atoms with Gasteiger partial charge >= 0.3 is 0 Å². The summed E-state index contributed by atoms with van der Waals surface area (Å²) in [6.45, 7) is 0. The van der Waals surface area contributed by atoms with Crippen LogP contribution in [0.2, 0.25) is 0 Å². The predicted octanol–water partition coefficient (Wildman–Crippen LogP) is 1.13. The van der Waals surface area contributed by atoms with E-state index in [2.05, 4.69) is 20.5 Å². The van der Waals surface area contributed by atoms with Crippen LogP contribution in [0.15, 0.2) is 30.6 Å². The fraction of sp³-hybridized carbons (Fsp3) is 0. The first-order chi connectivity index (χ1) is 6.34. The lowest BCUT2D eigenvalue weighted by Gasteiger charge is -2.02. The molecule has 0 aliphatic heterocycles. The summed E-state index contributed by atoms with van der Waals surface area (Å²) < 4.78 is 0. The number of pyridine rings is 1. The lowest BCUT2D eigenvalue weighted by Crippen LogP contribution is -1.94. The summed E-state index contributed by atoms with van der Waals surface area (Å²) in [7, 11) is 0. The Balaban J connectivity index is 2.19. The molecule has 5 nitrogen and oxygen atoms in total. The number of H-pyrrole nitrogens is 1. The first-order valence-corrected chi connectivity index (χ1v) is 3.82. The molecule has 2 rings (SSSR count). The Kier molecular flexibility index (Phi) is 1.84. The first-order valence-electron chi connectivity index (χ1n) is 3.82. The number of aromatic amines is 1. The summed E-state index contributed by atoms with van der Waals surface area (Å²) in [5.74, 6) is 1.31. The zero-order valence-corrected chi connectivity index (χ0v) is 6.86. The Morgan fingerprint density at radius 3 is 2.92 bits per heavy atom. The number of rotatable bonds is 2. The fourth-order valence-corrected chi connectivity index (χ4v) is 1.01. The van der Waals surface area contributed by atoms with Crippen LogP contribution >= 0.6 is 0 Å². The van der Waals surface area contributed by atoms with Gasteiger partial charge in [-0.1, -0.05) is 0 Å². The Morgan fingerprint density at radius 1 is 1.31 bits per heavy atom. The van der Waals surface area contributed by atoms with E-state index in [0.717, 1.165) is 11.5 Å². The molecule has 0 aromatic carbocycles. The highest BCUT2D eigenvalue weighted by molar-refractivity contribution is 5.58. The Bertz CT molecular complexity index is 381. The summed E-state index contributed by atoms with van der Waals surface area (Å²) in [5, 5.41) is 9.68. The minimum absolute atomic E-state index is 0.490. The predicted molar refractivity (Wildman–Crippen MR) is 50.5 cm³/mol. The van der Waals surface area contributed by atoms with Crippen molar-refractivity contribution in [3.05, 3.63) is 30.6 Å². The minimum Gasteiger partial charge on any atom is -0.384 e. The number of nitrogens with zero attached hydrogens (tertiary/aromatic N) is 2. The average Bonchev–Trinajstić information content (AvgIpc) is 2.57. The third-order valence-corrected chi connectivity index (χ3v) is 1.56. The molecule has 2 heterocycles. The average molecular weight is 175 g/mol. The maximum atomic E-state index is 5.51. The van der Waals surface area contributed by atoms with Crippen LogP contribution in [0.3, 0.4) is 0 Å². The monoisotopic (exact) mass is 175 g/mol. The zero-order valence-electron chi connectivity index (χ0n) is 6.86. The van der Waals surface area contributed by atoms with E-state index < -0.39 is 0 Å². The molecule has 2 aromatic rings. The second-order valence-electron chi connectivity index (χ2n) is 2.56. The van der Waals surface area contributed by atoms with Crippen LogP contribution in [-0.4, -0.2) is 15.2 Å². The van der Waals surface area contributed by atoms with Gasteiger partial charge in [0.15, 0.2) is 0 Å². The Hall–Kier alpha value is -2.04. The highest BCUT2D eigenvalue weighted by Crippen LogP contribution is 2.14. The number of nitrogen functional groups attached to an aromatic ring is 1. The largest absolute Gasteiger partial charge is 0.384 e. The summed E-state index contributed by atoms with van der Waals surface area (Å²) in [5.41, 5.74) is 6.40. The summed E-state index contributed by atoms with van der Waals surface area (Å²) in [4.78, 5) is 3.88. The van der Waals surface area contributed by atoms with Crippen molar-refractivity contribution >= 4 is 17.3 Å². The SMILES string of the molecule is Nc1cc(Nc2ccn[nH]2)ccn1. The molecule has 0 radical (unpaired) electrons. The van der Waals surface area contributed by atoms with Gasteiger partial charge in [-0.3, -0.25) is 5.10 Å². The molecular weight excluding hydrogens is 166 g/mol. The van der Waals surface area contributed by atoms with Crippen LogP contribution < -0.4 is 11.1 Å². The van der Waals surface area contributed by atoms with E-state index >= 15 is 0 Å². The van der Waals surface area contributed by atoms with Gasteiger partial charge in [0.05, 0.1) is 6.20 Å². The van der Waals surface area contributed by atoms with Crippen LogP contribution in [-0.2, 0) is 0 Å². The molecular formula is C8H9N5. The van der Waals surface area contributed by atoms with Crippen molar-refractivity contribution in [3.63, 3.8) is 0 Å². The molecule has 0 fully saturated rings. The quantitative estimate of drug-likeness (QED) is 0.639. The molecule has 4 N–H and O–H groups in total. The van der Waals surface area contributed by atoms with E-state index in [1.54, 1.807) is 18.5 Å². The second kappa shape index (κ2) is 3.14. The highest BCUT2D eigenvalue weighted by atomic mass is 15.2. The van der Waals surface area contributed by atoms with E-state index in [-0.39, 0.29) is 0 Å². The standard InChI is InChI=1S/C8H9N5/c9-7-5-6(1-3-10-7)12-8-2-4-11-13-8/h1-5H,(H4,9,10,11,12,13). The van der Waals surface area contributed by atoms with Crippen molar-refractivity contribution in [1.29, 1.82) is 0 Å². The van der Waals surface area contributed by atoms with Crippen LogP contribution in [0.1, 0.15) is 0 Å². The van der Waals surface area contributed by atoms with E-state index in [4.69, 9.17) is 5.73 Å². The van der Waals surface area contributed by atoms with E-state index in [1.165, 1.54) is 0 Å². The second-order valence-corrected chi connectivity index (χ2v) is 2.56. The van der Waals surface area contributed by atoms with Crippen molar-refractivity contribution in [2.75, 3.05) is 11.1 Å². The van der Waals surface area contributed by atoms with Gasteiger partial charge in [-0.05, 0) is 6.07 Å². The molecule has 0 aliphatic carbocycles. The van der Waals surface area contributed by atoms with E-state index in [1.807, 2.05) is 12.1 Å². The molecule has 66 valence electrons. The van der Waals surface area contributed by atoms with Crippen LogP contribution in [0, 0.1) is 0 Å². The summed E-state index contributed by atoms with van der Waals surface area (Å²) in [6.07, 6.45) is 3.32. The molecule has 0 bridgehead atoms.